The molecular weight excluding hydrogens is 599 g/mol. The van der Waals surface area contributed by atoms with Gasteiger partial charge in [0, 0.05) is 64.5 Å². The van der Waals surface area contributed by atoms with Crippen molar-refractivity contribution < 1.29 is 17.4 Å². The molecule has 0 saturated carbocycles. The zero-order chi connectivity index (χ0) is 31.1. The molecule has 2 unspecified atom stereocenters. The molecule has 2 atom stereocenters. The molecule has 5 aliphatic heterocycles. The first-order chi connectivity index (χ1) is 21.8. The third-order valence-electron chi connectivity index (χ3n) is 10.8. The van der Waals surface area contributed by atoms with Crippen LogP contribution in [0.15, 0.2) is 35.4 Å². The van der Waals surface area contributed by atoms with Crippen molar-refractivity contribution in [2.75, 3.05) is 23.4 Å². The highest BCUT2D eigenvalue weighted by Gasteiger charge is 2.51. The van der Waals surface area contributed by atoms with E-state index in [1.165, 1.54) is 24.5 Å². The van der Waals surface area contributed by atoms with Gasteiger partial charge in [-0.15, -0.1) is 0 Å². The molecule has 45 heavy (non-hydrogen) atoms. The Morgan fingerprint density at radius 3 is 2.40 bits per heavy atom. The molecule has 7 heterocycles. The molecule has 11 heteroatoms. The number of anilines is 1. The van der Waals surface area contributed by atoms with E-state index in [-0.39, 0.29) is 35.7 Å². The SMILES string of the molecule is O=c1c(C2CCS(=O)CC2)cc2c3ncnc2n1CCCCCCCN1C2CCC1CC(C2)C(F)(F)c1cccc(c1F)CN3. The molecule has 3 aromatic rings. The first kappa shape index (κ1) is 30.8. The zero-order valence-electron chi connectivity index (χ0n) is 25.7. The number of aromatic nitrogens is 3. The number of alkyl halides is 2. The second kappa shape index (κ2) is 12.8. The summed E-state index contributed by atoms with van der Waals surface area (Å²) in [4.78, 5) is 25.3. The van der Waals surface area contributed by atoms with E-state index in [0.717, 1.165) is 51.5 Å². The fourth-order valence-corrected chi connectivity index (χ4v) is 9.65. The van der Waals surface area contributed by atoms with Crippen molar-refractivity contribution >= 4 is 27.7 Å². The van der Waals surface area contributed by atoms with Gasteiger partial charge in [0.2, 0.25) is 0 Å². The molecular formula is C34H42F3N5O2S. The Morgan fingerprint density at radius 2 is 1.64 bits per heavy atom. The minimum Gasteiger partial charge on any atom is -0.365 e. The molecule has 5 aliphatic rings. The average Bonchev–Trinajstić information content (AvgIpc) is 3.25. The van der Waals surface area contributed by atoms with Crippen LogP contribution in [-0.4, -0.2) is 53.8 Å². The summed E-state index contributed by atoms with van der Waals surface area (Å²) in [6.07, 6.45) is 10.3. The number of fused-ring (bicyclic) bond motifs is 7. The van der Waals surface area contributed by atoms with Gasteiger partial charge in [-0.1, -0.05) is 37.5 Å². The fraction of sp³-hybridized carbons (Fsp3) is 0.618. The molecule has 0 aliphatic carbocycles. The van der Waals surface area contributed by atoms with Crippen molar-refractivity contribution in [1.82, 2.24) is 19.4 Å². The van der Waals surface area contributed by atoms with Gasteiger partial charge < -0.3 is 5.32 Å². The van der Waals surface area contributed by atoms with Crippen molar-refractivity contribution in [3.05, 3.63) is 63.5 Å². The molecule has 3 fully saturated rings. The van der Waals surface area contributed by atoms with E-state index in [1.54, 1.807) is 4.57 Å². The molecule has 242 valence electrons. The standard InChI is InChI=1S/C34H42F3N5O2S/c35-30-23-7-6-8-29(30)34(36,37)24-17-25-9-10-26(18-24)41(25)13-4-2-1-3-5-14-42-32-28(31(38-20-23)39-21-40-32)19-27(33(42)43)22-11-15-45(44)16-12-22/h6-8,19,21-22,24-26H,1-5,9-18,20H2,(H,38,39,40). The van der Waals surface area contributed by atoms with Crippen LogP contribution < -0.4 is 10.9 Å². The van der Waals surface area contributed by atoms with Crippen molar-refractivity contribution in [3.8, 4) is 0 Å². The summed E-state index contributed by atoms with van der Waals surface area (Å²) in [6, 6.07) is 6.41. The Kier molecular flexibility index (Phi) is 8.76. The molecule has 1 aromatic carbocycles. The summed E-state index contributed by atoms with van der Waals surface area (Å²) in [6.45, 7) is 1.41. The lowest BCUT2D eigenvalue weighted by Crippen LogP contribution is -2.47. The number of hydrogen-bond donors (Lipinski definition) is 1. The molecule has 0 radical (unpaired) electrons. The minimum atomic E-state index is -3.26. The van der Waals surface area contributed by atoms with E-state index < -0.39 is 34.0 Å². The highest BCUT2D eigenvalue weighted by Crippen LogP contribution is 2.49. The van der Waals surface area contributed by atoms with Gasteiger partial charge in [-0.05, 0) is 69.9 Å². The summed E-state index contributed by atoms with van der Waals surface area (Å²) < 4.78 is 61.9. The summed E-state index contributed by atoms with van der Waals surface area (Å²) in [7, 11) is -0.859. The number of pyridine rings is 1. The topological polar surface area (TPSA) is 80.1 Å². The third kappa shape index (κ3) is 5.95. The van der Waals surface area contributed by atoms with Crippen LogP contribution in [0.5, 0.6) is 0 Å². The quantitative estimate of drug-likeness (QED) is 0.328. The maximum Gasteiger partial charge on any atom is 0.278 e. The maximum absolute atomic E-state index is 16.1. The Morgan fingerprint density at radius 1 is 0.933 bits per heavy atom. The van der Waals surface area contributed by atoms with E-state index in [1.807, 2.05) is 6.07 Å². The van der Waals surface area contributed by atoms with Crippen molar-refractivity contribution in [3.63, 3.8) is 0 Å². The predicted molar refractivity (Wildman–Crippen MR) is 171 cm³/mol. The first-order valence-electron chi connectivity index (χ1n) is 16.7. The van der Waals surface area contributed by atoms with Gasteiger partial charge in [0.15, 0.2) is 0 Å². The zero-order valence-corrected chi connectivity index (χ0v) is 26.5. The van der Waals surface area contributed by atoms with E-state index in [2.05, 4.69) is 20.2 Å². The third-order valence-corrected chi connectivity index (χ3v) is 12.2. The highest BCUT2D eigenvalue weighted by molar-refractivity contribution is 7.85. The lowest BCUT2D eigenvalue weighted by molar-refractivity contribution is -0.100. The van der Waals surface area contributed by atoms with Crippen LogP contribution >= 0.6 is 0 Å². The normalized spacial score (nSPS) is 30.6. The summed E-state index contributed by atoms with van der Waals surface area (Å²) in [5.41, 5.74) is 0.732. The molecule has 0 spiro atoms. The van der Waals surface area contributed by atoms with Gasteiger partial charge in [0.25, 0.3) is 11.5 Å². The van der Waals surface area contributed by atoms with Gasteiger partial charge in [0.05, 0.1) is 10.9 Å². The second-order valence-electron chi connectivity index (χ2n) is 13.5. The number of nitrogens with one attached hydrogen (secondary N) is 1. The second-order valence-corrected chi connectivity index (χ2v) is 15.1. The summed E-state index contributed by atoms with van der Waals surface area (Å²) in [5.74, 6) is -3.46. The molecule has 2 aromatic heterocycles. The van der Waals surface area contributed by atoms with Crippen LogP contribution in [0, 0.1) is 11.7 Å². The lowest BCUT2D eigenvalue weighted by Gasteiger charge is -2.41. The number of benzene rings is 1. The van der Waals surface area contributed by atoms with Crippen LogP contribution in [0.4, 0.5) is 19.0 Å². The maximum atomic E-state index is 16.1. The number of halogens is 3. The van der Waals surface area contributed by atoms with Gasteiger partial charge in [-0.2, -0.15) is 0 Å². The van der Waals surface area contributed by atoms with Gasteiger partial charge in [0.1, 0.15) is 23.6 Å². The van der Waals surface area contributed by atoms with E-state index in [0.29, 0.717) is 66.1 Å². The Balaban J connectivity index is 1.26. The summed E-state index contributed by atoms with van der Waals surface area (Å²) >= 11 is 0. The molecule has 8 rings (SSSR count). The number of hydrogen-bond acceptors (Lipinski definition) is 6. The van der Waals surface area contributed by atoms with E-state index in [9.17, 15) is 9.00 Å². The smallest absolute Gasteiger partial charge is 0.278 e. The Labute approximate surface area is 264 Å². The molecule has 1 N–H and O–H groups in total. The van der Waals surface area contributed by atoms with Crippen LogP contribution in [0.3, 0.4) is 0 Å². The van der Waals surface area contributed by atoms with Crippen molar-refractivity contribution in [1.29, 1.82) is 0 Å². The lowest BCUT2D eigenvalue weighted by atomic mass is 9.82. The minimum absolute atomic E-state index is 0.00888. The van der Waals surface area contributed by atoms with E-state index >= 15 is 13.2 Å². The van der Waals surface area contributed by atoms with Gasteiger partial charge in [-0.3, -0.25) is 18.5 Å². The van der Waals surface area contributed by atoms with Crippen LogP contribution in [-0.2, 0) is 29.8 Å². The van der Waals surface area contributed by atoms with Crippen LogP contribution in [0.2, 0.25) is 0 Å². The number of nitrogens with zero attached hydrogens (tertiary/aromatic N) is 4. The molecule has 10 bridgehead atoms. The first-order valence-corrected chi connectivity index (χ1v) is 18.2. The molecule has 7 nitrogen and oxygen atoms in total. The number of piperidine rings is 1. The number of aryl methyl sites for hydroxylation is 1. The Bertz CT molecular complexity index is 1620. The monoisotopic (exact) mass is 641 g/mol. The summed E-state index contributed by atoms with van der Waals surface area (Å²) in [5, 5.41) is 3.84. The predicted octanol–water partition coefficient (Wildman–Crippen LogP) is 6.47. The van der Waals surface area contributed by atoms with Crippen LogP contribution in [0.1, 0.15) is 93.2 Å². The Hall–Kier alpha value is -2.79. The largest absolute Gasteiger partial charge is 0.365 e. The number of rotatable bonds is 1. The van der Waals surface area contributed by atoms with E-state index in [4.69, 9.17) is 0 Å². The molecule has 0 amide bonds. The average molecular weight is 642 g/mol. The van der Waals surface area contributed by atoms with Crippen molar-refractivity contribution in [2.24, 2.45) is 5.92 Å². The van der Waals surface area contributed by atoms with Crippen LogP contribution in [0.25, 0.3) is 11.0 Å². The highest BCUT2D eigenvalue weighted by atomic mass is 32.2. The van der Waals surface area contributed by atoms with Gasteiger partial charge in [-0.25, -0.2) is 23.1 Å². The fourth-order valence-electron chi connectivity index (χ4n) is 8.35. The van der Waals surface area contributed by atoms with Crippen molar-refractivity contribution in [2.45, 2.75) is 108 Å². The van der Waals surface area contributed by atoms with Gasteiger partial charge >= 0.3 is 0 Å². The molecule has 3 saturated heterocycles.